The van der Waals surface area contributed by atoms with E-state index in [2.05, 4.69) is 4.99 Å². The highest BCUT2D eigenvalue weighted by Gasteiger charge is 2.26. The Labute approximate surface area is 75.7 Å². The number of ketones is 1. The van der Waals surface area contributed by atoms with Gasteiger partial charge in [-0.05, 0) is 19.1 Å². The molecule has 0 radical (unpaired) electrons. The van der Waals surface area contributed by atoms with Gasteiger partial charge in [0.2, 0.25) is 0 Å². The predicted molar refractivity (Wildman–Crippen MR) is 49.5 cm³/mol. The zero-order valence-electron chi connectivity index (χ0n) is 7.19. The number of para-hydroxylation sites is 1. The first-order valence-electron chi connectivity index (χ1n) is 4.06. The van der Waals surface area contributed by atoms with E-state index in [4.69, 9.17) is 0 Å². The molecule has 0 saturated heterocycles. The SMILES string of the molecule is CC1=Nc2ccccc2C(=O)C1O. The minimum Gasteiger partial charge on any atom is -0.379 e. The highest BCUT2D eigenvalue weighted by atomic mass is 16.3. The Morgan fingerprint density at radius 1 is 1.38 bits per heavy atom. The van der Waals surface area contributed by atoms with E-state index < -0.39 is 6.10 Å². The van der Waals surface area contributed by atoms with E-state index in [1.54, 1.807) is 25.1 Å². The maximum atomic E-state index is 11.5. The van der Waals surface area contributed by atoms with Crippen LogP contribution in [0.15, 0.2) is 29.3 Å². The lowest BCUT2D eigenvalue weighted by molar-refractivity contribution is 0.0841. The largest absolute Gasteiger partial charge is 0.379 e. The molecule has 3 heteroatoms. The van der Waals surface area contributed by atoms with Crippen molar-refractivity contribution in [3.05, 3.63) is 29.8 Å². The van der Waals surface area contributed by atoms with Crippen LogP contribution in [0.2, 0.25) is 0 Å². The lowest BCUT2D eigenvalue weighted by atomic mass is 9.98. The molecule has 0 aliphatic carbocycles. The van der Waals surface area contributed by atoms with Crippen LogP contribution in [0.25, 0.3) is 0 Å². The van der Waals surface area contributed by atoms with E-state index in [-0.39, 0.29) is 5.78 Å². The van der Waals surface area contributed by atoms with E-state index in [1.165, 1.54) is 0 Å². The van der Waals surface area contributed by atoms with Crippen molar-refractivity contribution in [2.24, 2.45) is 4.99 Å². The number of aliphatic hydroxyl groups excluding tert-OH is 1. The smallest absolute Gasteiger partial charge is 0.199 e. The van der Waals surface area contributed by atoms with Gasteiger partial charge in [-0.1, -0.05) is 12.1 Å². The summed E-state index contributed by atoms with van der Waals surface area (Å²) >= 11 is 0. The number of aliphatic imine (C=N–C) groups is 1. The lowest BCUT2D eigenvalue weighted by Crippen LogP contribution is -2.30. The van der Waals surface area contributed by atoms with Gasteiger partial charge in [-0.25, -0.2) is 0 Å². The third-order valence-electron chi connectivity index (χ3n) is 2.11. The minimum atomic E-state index is -1.06. The van der Waals surface area contributed by atoms with Crippen LogP contribution in [-0.4, -0.2) is 22.7 Å². The average molecular weight is 175 g/mol. The Morgan fingerprint density at radius 2 is 2.08 bits per heavy atom. The first-order valence-corrected chi connectivity index (χ1v) is 4.06. The number of benzene rings is 1. The second-order valence-corrected chi connectivity index (χ2v) is 3.04. The van der Waals surface area contributed by atoms with Crippen LogP contribution in [-0.2, 0) is 0 Å². The van der Waals surface area contributed by atoms with Gasteiger partial charge in [0.15, 0.2) is 11.9 Å². The van der Waals surface area contributed by atoms with E-state index in [0.29, 0.717) is 17.0 Å². The fourth-order valence-corrected chi connectivity index (χ4v) is 1.37. The average Bonchev–Trinajstić information content (AvgIpc) is 2.15. The van der Waals surface area contributed by atoms with Crippen molar-refractivity contribution in [1.29, 1.82) is 0 Å². The van der Waals surface area contributed by atoms with E-state index in [9.17, 15) is 9.90 Å². The molecule has 1 atom stereocenters. The molecule has 1 aliphatic rings. The standard InChI is InChI=1S/C10H9NO2/c1-6-9(12)10(13)7-4-2-3-5-8(7)11-6/h2-5,9,12H,1H3. The summed E-state index contributed by atoms with van der Waals surface area (Å²) in [5.74, 6) is -0.261. The summed E-state index contributed by atoms with van der Waals surface area (Å²) < 4.78 is 0. The summed E-state index contributed by atoms with van der Waals surface area (Å²) in [6, 6.07) is 7.03. The molecular weight excluding hydrogens is 166 g/mol. The number of fused-ring (bicyclic) bond motifs is 1. The summed E-state index contributed by atoms with van der Waals surface area (Å²) in [5, 5.41) is 9.41. The van der Waals surface area contributed by atoms with Gasteiger partial charge in [0.1, 0.15) is 0 Å². The molecular formula is C10H9NO2. The van der Waals surface area contributed by atoms with Gasteiger partial charge in [-0.2, -0.15) is 0 Å². The molecule has 0 aromatic heterocycles. The normalized spacial score (nSPS) is 20.9. The summed E-state index contributed by atoms with van der Waals surface area (Å²) in [4.78, 5) is 15.6. The molecule has 0 amide bonds. The van der Waals surface area contributed by atoms with Crippen molar-refractivity contribution in [2.75, 3.05) is 0 Å². The second kappa shape index (κ2) is 2.78. The van der Waals surface area contributed by atoms with Crippen molar-refractivity contribution in [2.45, 2.75) is 13.0 Å². The quantitative estimate of drug-likeness (QED) is 0.646. The van der Waals surface area contributed by atoms with Crippen LogP contribution in [0.5, 0.6) is 0 Å². The number of aliphatic hydroxyl groups is 1. The van der Waals surface area contributed by atoms with Crippen LogP contribution in [0, 0.1) is 0 Å². The minimum absolute atomic E-state index is 0.261. The fraction of sp³-hybridized carbons (Fsp3) is 0.200. The molecule has 1 N–H and O–H groups in total. The van der Waals surface area contributed by atoms with Gasteiger partial charge >= 0.3 is 0 Å². The fourth-order valence-electron chi connectivity index (χ4n) is 1.37. The highest BCUT2D eigenvalue weighted by Crippen LogP contribution is 2.25. The molecule has 0 saturated carbocycles. The molecule has 0 fully saturated rings. The molecule has 1 aliphatic heterocycles. The van der Waals surface area contributed by atoms with Gasteiger partial charge < -0.3 is 5.11 Å². The number of rotatable bonds is 0. The van der Waals surface area contributed by atoms with Crippen molar-refractivity contribution in [1.82, 2.24) is 0 Å². The molecule has 0 bridgehead atoms. The molecule has 1 unspecified atom stereocenters. The molecule has 0 spiro atoms. The molecule has 13 heavy (non-hydrogen) atoms. The van der Waals surface area contributed by atoms with Crippen LogP contribution in [0.4, 0.5) is 5.69 Å². The Kier molecular flexibility index (Phi) is 1.74. The number of Topliss-reactive ketones (excluding diaryl/α,β-unsaturated/α-hetero) is 1. The highest BCUT2D eigenvalue weighted by molar-refractivity contribution is 6.19. The van der Waals surface area contributed by atoms with E-state index in [1.807, 2.05) is 6.07 Å². The molecule has 1 aromatic rings. The number of carbonyl (C=O) groups excluding carboxylic acids is 1. The van der Waals surface area contributed by atoms with Gasteiger partial charge in [-0.15, -0.1) is 0 Å². The summed E-state index contributed by atoms with van der Waals surface area (Å²) in [5.41, 5.74) is 1.61. The monoisotopic (exact) mass is 175 g/mol. The molecule has 1 heterocycles. The van der Waals surface area contributed by atoms with Gasteiger partial charge in [0, 0.05) is 5.56 Å². The molecule has 1 aromatic carbocycles. The van der Waals surface area contributed by atoms with Crippen LogP contribution in [0.3, 0.4) is 0 Å². The number of nitrogens with zero attached hydrogens (tertiary/aromatic N) is 1. The van der Waals surface area contributed by atoms with Crippen LogP contribution in [0.1, 0.15) is 17.3 Å². The Bertz CT molecular complexity index is 396. The Hall–Kier alpha value is -1.48. The van der Waals surface area contributed by atoms with Crippen LogP contribution >= 0.6 is 0 Å². The number of hydrogen-bond acceptors (Lipinski definition) is 3. The zero-order valence-corrected chi connectivity index (χ0v) is 7.19. The summed E-state index contributed by atoms with van der Waals surface area (Å²) in [6.07, 6.45) is -1.06. The maximum Gasteiger partial charge on any atom is 0.199 e. The first-order chi connectivity index (χ1) is 6.20. The zero-order chi connectivity index (χ0) is 9.42. The van der Waals surface area contributed by atoms with Crippen LogP contribution < -0.4 is 0 Å². The van der Waals surface area contributed by atoms with Crippen molar-refractivity contribution >= 4 is 17.2 Å². The summed E-state index contributed by atoms with van der Waals surface area (Å²) in [6.45, 7) is 1.65. The topological polar surface area (TPSA) is 49.7 Å². The third kappa shape index (κ3) is 1.17. The Balaban J connectivity index is 2.63. The summed E-state index contributed by atoms with van der Waals surface area (Å²) in [7, 11) is 0. The molecule has 2 rings (SSSR count). The molecule has 3 nitrogen and oxygen atoms in total. The Morgan fingerprint density at radius 3 is 2.85 bits per heavy atom. The maximum absolute atomic E-state index is 11.5. The van der Waals surface area contributed by atoms with Crippen molar-refractivity contribution in [3.63, 3.8) is 0 Å². The number of carbonyl (C=O) groups is 1. The van der Waals surface area contributed by atoms with Gasteiger partial charge in [0.05, 0.1) is 11.4 Å². The number of hydrogen-bond donors (Lipinski definition) is 1. The van der Waals surface area contributed by atoms with E-state index >= 15 is 0 Å². The van der Waals surface area contributed by atoms with Crippen molar-refractivity contribution < 1.29 is 9.90 Å². The molecule has 66 valence electrons. The third-order valence-corrected chi connectivity index (χ3v) is 2.11. The first kappa shape index (κ1) is 8.13. The van der Waals surface area contributed by atoms with Crippen molar-refractivity contribution in [3.8, 4) is 0 Å². The van der Waals surface area contributed by atoms with Gasteiger partial charge in [0.25, 0.3) is 0 Å². The lowest BCUT2D eigenvalue weighted by Gasteiger charge is -2.16. The van der Waals surface area contributed by atoms with E-state index in [0.717, 1.165) is 0 Å². The van der Waals surface area contributed by atoms with Gasteiger partial charge in [-0.3, -0.25) is 9.79 Å². The second-order valence-electron chi connectivity index (χ2n) is 3.04. The predicted octanol–water partition coefficient (Wildman–Crippen LogP) is 1.34.